The molecule has 1 aromatic rings. The molecule has 2 amide bonds. The van der Waals surface area contributed by atoms with Gasteiger partial charge in [0.25, 0.3) is 0 Å². The van der Waals surface area contributed by atoms with Crippen LogP contribution in [0.4, 0.5) is 10.5 Å². The third-order valence-electron chi connectivity index (χ3n) is 4.18. The van der Waals surface area contributed by atoms with Gasteiger partial charge < -0.3 is 15.3 Å². The summed E-state index contributed by atoms with van der Waals surface area (Å²) in [6, 6.07) is 4.76. The van der Waals surface area contributed by atoms with Crippen molar-refractivity contribution in [2.24, 2.45) is 5.92 Å². The van der Waals surface area contributed by atoms with Crippen molar-refractivity contribution in [3.05, 3.63) is 29.3 Å². The van der Waals surface area contributed by atoms with E-state index >= 15 is 0 Å². The van der Waals surface area contributed by atoms with E-state index in [9.17, 15) is 9.59 Å². The molecule has 2 N–H and O–H groups in total. The van der Waals surface area contributed by atoms with Crippen LogP contribution in [0.1, 0.15) is 42.1 Å². The highest BCUT2D eigenvalue weighted by Gasteiger charge is 2.23. The van der Waals surface area contributed by atoms with Crippen molar-refractivity contribution in [3.8, 4) is 0 Å². The summed E-state index contributed by atoms with van der Waals surface area (Å²) < 4.78 is 0. The van der Waals surface area contributed by atoms with Gasteiger partial charge in [0.2, 0.25) is 0 Å². The summed E-state index contributed by atoms with van der Waals surface area (Å²) in [6.45, 7) is 5.10. The molecule has 1 saturated carbocycles. The molecule has 0 saturated heterocycles. The average molecular weight is 290 g/mol. The standard InChI is InChI=1S/C16H22N2O3/c1-3-18(10-12-6-4-7-12)16(21)17-14-9-5-8-13(11(14)2)15(19)20/h5,8-9,12H,3-4,6-7,10H2,1-2H3,(H,17,21)(H,19,20). The summed E-state index contributed by atoms with van der Waals surface area (Å²) in [6.07, 6.45) is 3.64. The number of carboxylic acid groups (broad SMARTS) is 1. The molecule has 2 rings (SSSR count). The van der Waals surface area contributed by atoms with Crippen LogP contribution < -0.4 is 5.32 Å². The second kappa shape index (κ2) is 6.61. The molecule has 5 heteroatoms. The van der Waals surface area contributed by atoms with Gasteiger partial charge in [-0.3, -0.25) is 0 Å². The van der Waals surface area contributed by atoms with Gasteiger partial charge in [0, 0.05) is 18.8 Å². The maximum Gasteiger partial charge on any atom is 0.336 e. The van der Waals surface area contributed by atoms with E-state index in [1.807, 2.05) is 6.92 Å². The highest BCUT2D eigenvalue weighted by molar-refractivity contribution is 5.95. The molecule has 0 atom stereocenters. The van der Waals surface area contributed by atoms with E-state index in [0.29, 0.717) is 23.7 Å². The van der Waals surface area contributed by atoms with Crippen LogP contribution in [-0.2, 0) is 0 Å². The third-order valence-corrected chi connectivity index (χ3v) is 4.18. The first-order valence-electron chi connectivity index (χ1n) is 7.41. The zero-order valence-corrected chi connectivity index (χ0v) is 12.6. The first kappa shape index (κ1) is 15.4. The number of amides is 2. The number of carbonyl (C=O) groups excluding carboxylic acids is 1. The van der Waals surface area contributed by atoms with Crippen molar-refractivity contribution >= 4 is 17.7 Å². The quantitative estimate of drug-likeness (QED) is 0.873. The van der Waals surface area contributed by atoms with E-state index in [0.717, 1.165) is 6.54 Å². The van der Waals surface area contributed by atoms with Gasteiger partial charge in [-0.2, -0.15) is 0 Å². The van der Waals surface area contributed by atoms with E-state index in [1.54, 1.807) is 30.0 Å². The van der Waals surface area contributed by atoms with Gasteiger partial charge >= 0.3 is 12.0 Å². The first-order chi connectivity index (χ1) is 10.0. The Bertz CT molecular complexity index is 538. The van der Waals surface area contributed by atoms with Crippen molar-refractivity contribution in [3.63, 3.8) is 0 Å². The largest absolute Gasteiger partial charge is 0.478 e. The number of carboxylic acids is 1. The SMILES string of the molecule is CCN(CC1CCC1)C(=O)Nc1cccc(C(=O)O)c1C. The van der Waals surface area contributed by atoms with E-state index in [4.69, 9.17) is 5.11 Å². The number of nitrogens with one attached hydrogen (secondary N) is 1. The summed E-state index contributed by atoms with van der Waals surface area (Å²) in [5, 5.41) is 11.9. The molecule has 0 aliphatic heterocycles. The van der Waals surface area contributed by atoms with Crippen molar-refractivity contribution in [1.82, 2.24) is 4.90 Å². The van der Waals surface area contributed by atoms with Crippen LogP contribution in [0.3, 0.4) is 0 Å². The Kier molecular flexibility index (Phi) is 4.83. The highest BCUT2D eigenvalue weighted by Crippen LogP contribution is 2.27. The smallest absolute Gasteiger partial charge is 0.336 e. The van der Waals surface area contributed by atoms with Crippen LogP contribution in [0.5, 0.6) is 0 Å². The van der Waals surface area contributed by atoms with Gasteiger partial charge in [-0.05, 0) is 50.3 Å². The number of urea groups is 1. The van der Waals surface area contributed by atoms with E-state index in [1.165, 1.54) is 19.3 Å². The minimum atomic E-state index is -0.981. The van der Waals surface area contributed by atoms with Crippen molar-refractivity contribution in [2.45, 2.75) is 33.1 Å². The van der Waals surface area contributed by atoms with Gasteiger partial charge in [-0.1, -0.05) is 12.5 Å². The van der Waals surface area contributed by atoms with Crippen LogP contribution in [0.25, 0.3) is 0 Å². The van der Waals surface area contributed by atoms with Crippen LogP contribution in [-0.4, -0.2) is 35.1 Å². The molecule has 0 spiro atoms. The Labute approximate surface area is 125 Å². The molecule has 0 heterocycles. The molecule has 1 aromatic carbocycles. The summed E-state index contributed by atoms with van der Waals surface area (Å²) in [5.74, 6) is -0.368. The van der Waals surface area contributed by atoms with Crippen LogP contribution >= 0.6 is 0 Å². The molecular weight excluding hydrogens is 268 g/mol. The normalized spacial score (nSPS) is 14.4. The van der Waals surface area contributed by atoms with Crippen LogP contribution in [0, 0.1) is 12.8 Å². The fourth-order valence-corrected chi connectivity index (χ4v) is 2.54. The fraction of sp³-hybridized carbons (Fsp3) is 0.500. The second-order valence-corrected chi connectivity index (χ2v) is 5.55. The number of hydrogen-bond donors (Lipinski definition) is 2. The average Bonchev–Trinajstić information content (AvgIpc) is 2.39. The second-order valence-electron chi connectivity index (χ2n) is 5.55. The molecule has 0 radical (unpaired) electrons. The zero-order valence-electron chi connectivity index (χ0n) is 12.6. The summed E-state index contributed by atoms with van der Waals surface area (Å²) in [7, 11) is 0. The Hall–Kier alpha value is -2.04. The summed E-state index contributed by atoms with van der Waals surface area (Å²) >= 11 is 0. The number of rotatable bonds is 5. The number of aromatic carboxylic acids is 1. The molecular formula is C16H22N2O3. The molecule has 0 unspecified atom stereocenters. The third kappa shape index (κ3) is 3.54. The number of anilines is 1. The predicted molar refractivity (Wildman–Crippen MR) is 81.7 cm³/mol. The Morgan fingerprint density at radius 3 is 2.62 bits per heavy atom. The maximum atomic E-state index is 12.3. The topological polar surface area (TPSA) is 69.6 Å². The molecule has 21 heavy (non-hydrogen) atoms. The Morgan fingerprint density at radius 2 is 2.10 bits per heavy atom. The van der Waals surface area contributed by atoms with Gasteiger partial charge in [0.1, 0.15) is 0 Å². The molecule has 0 bridgehead atoms. The lowest BCUT2D eigenvalue weighted by molar-refractivity contribution is 0.0696. The van der Waals surface area contributed by atoms with Crippen molar-refractivity contribution < 1.29 is 14.7 Å². The maximum absolute atomic E-state index is 12.3. The summed E-state index contributed by atoms with van der Waals surface area (Å²) in [5.41, 5.74) is 1.36. The van der Waals surface area contributed by atoms with E-state index < -0.39 is 5.97 Å². The molecule has 0 aromatic heterocycles. The number of nitrogens with zero attached hydrogens (tertiary/aromatic N) is 1. The van der Waals surface area contributed by atoms with E-state index in [-0.39, 0.29) is 11.6 Å². The van der Waals surface area contributed by atoms with Gasteiger partial charge in [-0.15, -0.1) is 0 Å². The monoisotopic (exact) mass is 290 g/mol. The number of hydrogen-bond acceptors (Lipinski definition) is 2. The molecule has 114 valence electrons. The number of benzene rings is 1. The van der Waals surface area contributed by atoms with Crippen molar-refractivity contribution in [2.75, 3.05) is 18.4 Å². The van der Waals surface area contributed by atoms with Crippen LogP contribution in [0.2, 0.25) is 0 Å². The van der Waals surface area contributed by atoms with Gasteiger partial charge in [0.15, 0.2) is 0 Å². The van der Waals surface area contributed by atoms with Crippen LogP contribution in [0.15, 0.2) is 18.2 Å². The first-order valence-corrected chi connectivity index (χ1v) is 7.41. The Balaban J connectivity index is 2.07. The Morgan fingerprint density at radius 1 is 1.38 bits per heavy atom. The highest BCUT2D eigenvalue weighted by atomic mass is 16.4. The number of carbonyl (C=O) groups is 2. The van der Waals surface area contributed by atoms with Gasteiger partial charge in [-0.25, -0.2) is 9.59 Å². The minimum Gasteiger partial charge on any atom is -0.478 e. The van der Waals surface area contributed by atoms with Gasteiger partial charge in [0.05, 0.1) is 5.56 Å². The molecule has 1 aliphatic carbocycles. The van der Waals surface area contributed by atoms with Crippen molar-refractivity contribution in [1.29, 1.82) is 0 Å². The fourth-order valence-electron chi connectivity index (χ4n) is 2.54. The lowest BCUT2D eigenvalue weighted by atomic mass is 9.85. The lowest BCUT2D eigenvalue weighted by Gasteiger charge is -2.32. The molecule has 1 aliphatic rings. The molecule has 1 fully saturated rings. The molecule has 5 nitrogen and oxygen atoms in total. The zero-order chi connectivity index (χ0) is 15.4. The summed E-state index contributed by atoms with van der Waals surface area (Å²) in [4.78, 5) is 25.2. The predicted octanol–water partition coefficient (Wildman–Crippen LogP) is 3.35. The minimum absolute atomic E-state index is 0.157. The lowest BCUT2D eigenvalue weighted by Crippen LogP contribution is -2.40. The van der Waals surface area contributed by atoms with E-state index in [2.05, 4.69) is 5.32 Å².